The first-order valence-electron chi connectivity index (χ1n) is 6.53. The van der Waals surface area contributed by atoms with Gasteiger partial charge in [0.25, 0.3) is 0 Å². The van der Waals surface area contributed by atoms with Gasteiger partial charge in [-0.05, 0) is 36.5 Å². The van der Waals surface area contributed by atoms with Crippen molar-refractivity contribution < 1.29 is 18.7 Å². The number of rotatable bonds is 2. The topological polar surface area (TPSA) is 84.8 Å². The van der Waals surface area contributed by atoms with Gasteiger partial charge in [0, 0.05) is 11.8 Å². The predicted molar refractivity (Wildman–Crippen MR) is 83.0 cm³/mol. The van der Waals surface area contributed by atoms with E-state index in [4.69, 9.17) is 26.1 Å². The molecule has 1 aromatic carbocycles. The smallest absolute Gasteiger partial charge is 0.305 e. The van der Waals surface area contributed by atoms with Crippen LogP contribution in [0.5, 0.6) is 11.5 Å². The maximum Gasteiger partial charge on any atom is 0.305 e. The van der Waals surface area contributed by atoms with Gasteiger partial charge in [0.05, 0.1) is 6.26 Å². The summed E-state index contributed by atoms with van der Waals surface area (Å²) < 4.78 is 15.9. The highest BCUT2D eigenvalue weighted by Gasteiger charge is 2.12. The number of ether oxygens (including phenoxy) is 2. The number of hydrazine groups is 1. The molecule has 2 heterocycles. The van der Waals surface area contributed by atoms with Gasteiger partial charge in [-0.15, -0.1) is 0 Å². The zero-order chi connectivity index (χ0) is 15.4. The molecule has 22 heavy (non-hydrogen) atoms. The number of carbonyl (C=O) groups is 1. The lowest BCUT2D eigenvalue weighted by Crippen LogP contribution is -2.43. The first-order valence-corrected chi connectivity index (χ1v) is 6.94. The third-order valence-electron chi connectivity index (χ3n) is 2.83. The molecule has 8 heteroatoms. The molecule has 0 bridgehead atoms. The van der Waals surface area contributed by atoms with Crippen LogP contribution >= 0.6 is 12.2 Å². The Labute approximate surface area is 131 Å². The first kappa shape index (κ1) is 14.2. The Balaban J connectivity index is 1.54. The Bertz CT molecular complexity index is 687. The van der Waals surface area contributed by atoms with E-state index < -0.39 is 5.91 Å². The largest absolute Gasteiger partial charge is 0.486 e. The van der Waals surface area contributed by atoms with Crippen molar-refractivity contribution in [2.45, 2.75) is 0 Å². The Kier molecular flexibility index (Phi) is 4.10. The lowest BCUT2D eigenvalue weighted by atomic mass is 10.2. The second kappa shape index (κ2) is 6.35. The van der Waals surface area contributed by atoms with Crippen molar-refractivity contribution in [1.29, 1.82) is 0 Å². The molecule has 0 saturated heterocycles. The molecule has 114 valence electrons. The average molecular weight is 319 g/mol. The zero-order valence-electron chi connectivity index (χ0n) is 11.4. The second-order valence-electron chi connectivity index (χ2n) is 4.37. The standard InChI is InChI=1S/C14H13N3O4S/c18-13(11-2-1-5-19-11)16-17-14(22)15-9-3-4-10-12(8-9)21-7-6-20-10/h1-5,8H,6-7H2,(H,16,18)(H2,15,17,22). The van der Waals surface area contributed by atoms with E-state index in [0.717, 1.165) is 0 Å². The van der Waals surface area contributed by atoms with Crippen LogP contribution in [0.3, 0.4) is 0 Å². The summed E-state index contributed by atoms with van der Waals surface area (Å²) in [6, 6.07) is 8.54. The van der Waals surface area contributed by atoms with Crippen LogP contribution in [0.1, 0.15) is 10.6 Å². The number of hydrogen-bond donors (Lipinski definition) is 3. The van der Waals surface area contributed by atoms with E-state index in [-0.39, 0.29) is 10.9 Å². The number of benzene rings is 1. The fourth-order valence-corrected chi connectivity index (χ4v) is 2.04. The monoisotopic (exact) mass is 319 g/mol. The number of hydrogen-bond acceptors (Lipinski definition) is 5. The summed E-state index contributed by atoms with van der Waals surface area (Å²) in [5.41, 5.74) is 5.73. The average Bonchev–Trinajstić information content (AvgIpc) is 3.07. The van der Waals surface area contributed by atoms with Crippen LogP contribution < -0.4 is 25.6 Å². The van der Waals surface area contributed by atoms with E-state index in [2.05, 4.69) is 16.2 Å². The number of anilines is 1. The molecule has 0 radical (unpaired) electrons. The molecule has 0 spiro atoms. The first-order chi connectivity index (χ1) is 10.7. The van der Waals surface area contributed by atoms with Crippen LogP contribution in [-0.4, -0.2) is 24.2 Å². The van der Waals surface area contributed by atoms with E-state index in [0.29, 0.717) is 30.4 Å². The van der Waals surface area contributed by atoms with Crippen molar-refractivity contribution in [2.24, 2.45) is 0 Å². The molecule has 3 rings (SSSR count). The second-order valence-corrected chi connectivity index (χ2v) is 4.78. The fraction of sp³-hybridized carbons (Fsp3) is 0.143. The van der Waals surface area contributed by atoms with Crippen molar-refractivity contribution in [3.8, 4) is 11.5 Å². The molecule has 0 aliphatic carbocycles. The highest BCUT2D eigenvalue weighted by atomic mass is 32.1. The van der Waals surface area contributed by atoms with Crippen LogP contribution in [0.15, 0.2) is 41.0 Å². The summed E-state index contributed by atoms with van der Waals surface area (Å²) in [6.07, 6.45) is 1.42. The van der Waals surface area contributed by atoms with E-state index in [1.54, 1.807) is 30.3 Å². The summed E-state index contributed by atoms with van der Waals surface area (Å²) in [5.74, 6) is 1.12. The Hall–Kier alpha value is -2.74. The van der Waals surface area contributed by atoms with Crippen LogP contribution in [0.2, 0.25) is 0 Å². The van der Waals surface area contributed by atoms with Gasteiger partial charge in [-0.2, -0.15) is 0 Å². The number of fused-ring (bicyclic) bond motifs is 1. The predicted octanol–water partition coefficient (Wildman–Crippen LogP) is 1.68. The minimum Gasteiger partial charge on any atom is -0.486 e. The maximum absolute atomic E-state index is 11.7. The van der Waals surface area contributed by atoms with Crippen molar-refractivity contribution >= 4 is 28.9 Å². The molecule has 1 aliphatic heterocycles. The van der Waals surface area contributed by atoms with Gasteiger partial charge < -0.3 is 19.2 Å². The molecule has 2 aromatic rings. The molecule has 1 amide bonds. The van der Waals surface area contributed by atoms with Gasteiger partial charge in [0.15, 0.2) is 22.4 Å². The summed E-state index contributed by atoms with van der Waals surface area (Å²) in [4.78, 5) is 11.7. The Morgan fingerprint density at radius 2 is 1.91 bits per heavy atom. The number of carbonyl (C=O) groups excluding carboxylic acids is 1. The zero-order valence-corrected chi connectivity index (χ0v) is 12.2. The molecular formula is C14H13N3O4S. The Morgan fingerprint density at radius 3 is 2.68 bits per heavy atom. The van der Waals surface area contributed by atoms with Gasteiger partial charge >= 0.3 is 5.91 Å². The number of furan rings is 1. The number of thiocarbonyl (C=S) groups is 1. The number of amides is 1. The number of nitrogens with one attached hydrogen (secondary N) is 3. The van der Waals surface area contributed by atoms with Gasteiger partial charge in [0.1, 0.15) is 13.2 Å². The molecular weight excluding hydrogens is 306 g/mol. The summed E-state index contributed by atoms with van der Waals surface area (Å²) >= 11 is 5.10. The van der Waals surface area contributed by atoms with Crippen LogP contribution in [-0.2, 0) is 0 Å². The molecule has 1 aromatic heterocycles. The highest BCUT2D eigenvalue weighted by Crippen LogP contribution is 2.32. The van der Waals surface area contributed by atoms with Gasteiger partial charge in [-0.3, -0.25) is 15.6 Å². The SMILES string of the molecule is O=C(NNC(=S)Nc1ccc2c(c1)OCCO2)c1ccco1. The molecule has 7 nitrogen and oxygen atoms in total. The normalized spacial score (nSPS) is 12.4. The minimum absolute atomic E-state index is 0.189. The summed E-state index contributed by atoms with van der Waals surface area (Å²) in [5, 5.41) is 3.17. The Morgan fingerprint density at radius 1 is 1.09 bits per heavy atom. The quantitative estimate of drug-likeness (QED) is 0.573. The van der Waals surface area contributed by atoms with Crippen LogP contribution in [0, 0.1) is 0 Å². The van der Waals surface area contributed by atoms with E-state index in [1.165, 1.54) is 6.26 Å². The lowest BCUT2D eigenvalue weighted by molar-refractivity contribution is 0.0916. The van der Waals surface area contributed by atoms with E-state index in [1.807, 2.05) is 0 Å². The van der Waals surface area contributed by atoms with Crippen molar-refractivity contribution in [3.05, 3.63) is 42.4 Å². The van der Waals surface area contributed by atoms with Crippen molar-refractivity contribution in [2.75, 3.05) is 18.5 Å². The van der Waals surface area contributed by atoms with Gasteiger partial charge in [-0.1, -0.05) is 0 Å². The van der Waals surface area contributed by atoms with Gasteiger partial charge in [-0.25, -0.2) is 0 Å². The van der Waals surface area contributed by atoms with E-state index >= 15 is 0 Å². The maximum atomic E-state index is 11.7. The molecule has 0 saturated carbocycles. The van der Waals surface area contributed by atoms with Crippen molar-refractivity contribution in [1.82, 2.24) is 10.9 Å². The molecule has 3 N–H and O–H groups in total. The summed E-state index contributed by atoms with van der Waals surface area (Å²) in [6.45, 7) is 1.05. The third kappa shape index (κ3) is 3.29. The highest BCUT2D eigenvalue weighted by molar-refractivity contribution is 7.80. The van der Waals surface area contributed by atoms with Crippen molar-refractivity contribution in [3.63, 3.8) is 0 Å². The van der Waals surface area contributed by atoms with Crippen LogP contribution in [0.25, 0.3) is 0 Å². The fourth-order valence-electron chi connectivity index (χ4n) is 1.87. The van der Waals surface area contributed by atoms with Gasteiger partial charge in [0.2, 0.25) is 0 Å². The van der Waals surface area contributed by atoms with E-state index in [9.17, 15) is 4.79 Å². The minimum atomic E-state index is -0.420. The molecule has 0 fully saturated rings. The third-order valence-corrected chi connectivity index (χ3v) is 3.04. The lowest BCUT2D eigenvalue weighted by Gasteiger charge is -2.19. The summed E-state index contributed by atoms with van der Waals surface area (Å²) in [7, 11) is 0. The molecule has 0 unspecified atom stereocenters. The molecule has 0 atom stereocenters. The molecule has 1 aliphatic rings. The van der Waals surface area contributed by atoms with Crippen LogP contribution in [0.4, 0.5) is 5.69 Å².